The molecule has 5 rings (SSSR count). The molecule has 1 fully saturated rings. The van der Waals surface area contributed by atoms with Crippen LogP contribution in [0.2, 0.25) is 0 Å². The van der Waals surface area contributed by atoms with E-state index in [2.05, 4.69) is 27.0 Å². The van der Waals surface area contributed by atoms with Crippen LogP contribution in [-0.4, -0.2) is 39.9 Å². The lowest BCUT2D eigenvalue weighted by Crippen LogP contribution is -2.40. The molecule has 25 heavy (non-hydrogen) atoms. The van der Waals surface area contributed by atoms with Gasteiger partial charge in [0.25, 0.3) is 5.91 Å². The first-order chi connectivity index (χ1) is 12.3. The third-order valence-corrected chi connectivity index (χ3v) is 5.96. The molecule has 2 aliphatic heterocycles. The van der Waals surface area contributed by atoms with Crippen molar-refractivity contribution in [3.63, 3.8) is 0 Å². The van der Waals surface area contributed by atoms with E-state index in [4.69, 9.17) is 0 Å². The lowest BCUT2D eigenvalue weighted by molar-refractivity contribution is 0.0731. The molecule has 0 aromatic carbocycles. The number of aromatic nitrogens is 2. The zero-order valence-corrected chi connectivity index (χ0v) is 14.5. The summed E-state index contributed by atoms with van der Waals surface area (Å²) < 4.78 is 0. The van der Waals surface area contributed by atoms with E-state index in [0.29, 0.717) is 12.6 Å². The number of pyridine rings is 1. The van der Waals surface area contributed by atoms with E-state index in [1.165, 1.54) is 36.2 Å². The van der Waals surface area contributed by atoms with Crippen LogP contribution in [0.5, 0.6) is 0 Å². The van der Waals surface area contributed by atoms with Crippen molar-refractivity contribution in [1.29, 1.82) is 0 Å². The first-order valence-electron chi connectivity index (χ1n) is 9.50. The van der Waals surface area contributed by atoms with Crippen molar-refractivity contribution >= 4 is 11.6 Å². The van der Waals surface area contributed by atoms with Crippen LogP contribution in [0.1, 0.15) is 53.1 Å². The summed E-state index contributed by atoms with van der Waals surface area (Å²) in [6, 6.07) is 6.67. The normalized spacial score (nSPS) is 22.2. The molecule has 1 amide bonds. The molecule has 1 saturated heterocycles. The number of amides is 1. The number of hydrogen-bond donors (Lipinski definition) is 1. The van der Waals surface area contributed by atoms with E-state index in [1.807, 2.05) is 17.2 Å². The average Bonchev–Trinajstić information content (AvgIpc) is 3.24. The molecule has 1 aliphatic carbocycles. The highest BCUT2D eigenvalue weighted by Crippen LogP contribution is 2.32. The van der Waals surface area contributed by atoms with Gasteiger partial charge in [0, 0.05) is 31.0 Å². The van der Waals surface area contributed by atoms with Crippen molar-refractivity contribution in [2.45, 2.75) is 51.1 Å². The number of aromatic amines is 1. The fourth-order valence-electron chi connectivity index (χ4n) is 4.70. The number of nitrogens with one attached hydrogen (secondary N) is 1. The van der Waals surface area contributed by atoms with Gasteiger partial charge in [-0.1, -0.05) is 0 Å². The van der Waals surface area contributed by atoms with Crippen molar-refractivity contribution < 1.29 is 4.79 Å². The van der Waals surface area contributed by atoms with Crippen LogP contribution >= 0.6 is 0 Å². The molecule has 0 radical (unpaired) electrons. The maximum atomic E-state index is 13.2. The van der Waals surface area contributed by atoms with E-state index in [9.17, 15) is 4.79 Å². The van der Waals surface area contributed by atoms with E-state index < -0.39 is 0 Å². The summed E-state index contributed by atoms with van der Waals surface area (Å²) in [5, 5.41) is 0. The number of rotatable bonds is 1. The largest absolute Gasteiger partial charge is 0.365 e. The minimum Gasteiger partial charge on any atom is -0.365 e. The van der Waals surface area contributed by atoms with Gasteiger partial charge in [-0.3, -0.25) is 9.78 Å². The Hall–Kier alpha value is -2.30. The summed E-state index contributed by atoms with van der Waals surface area (Å²) in [5.41, 5.74) is 5.61. The highest BCUT2D eigenvalue weighted by atomic mass is 16.2. The van der Waals surface area contributed by atoms with Crippen LogP contribution in [0.15, 0.2) is 24.4 Å². The lowest BCUT2D eigenvalue weighted by atomic mass is 9.98. The van der Waals surface area contributed by atoms with E-state index in [0.717, 1.165) is 43.7 Å². The van der Waals surface area contributed by atoms with Crippen LogP contribution < -0.4 is 4.90 Å². The van der Waals surface area contributed by atoms with Gasteiger partial charge >= 0.3 is 0 Å². The topological polar surface area (TPSA) is 52.2 Å². The first-order valence-corrected chi connectivity index (χ1v) is 9.50. The Bertz CT molecular complexity index is 788. The predicted molar refractivity (Wildman–Crippen MR) is 96.8 cm³/mol. The maximum absolute atomic E-state index is 13.2. The predicted octanol–water partition coefficient (Wildman–Crippen LogP) is 2.91. The molecular formula is C20H24N4O. The van der Waals surface area contributed by atoms with Crippen LogP contribution in [0.4, 0.5) is 5.69 Å². The SMILES string of the molecule is O=C(c1cc2c([nH]1)CCCC2)N1Cc2ncccc2N2CCC[C@H]2C1. The maximum Gasteiger partial charge on any atom is 0.270 e. The Kier molecular flexibility index (Phi) is 3.54. The first kappa shape index (κ1) is 15.0. The van der Waals surface area contributed by atoms with E-state index >= 15 is 0 Å². The highest BCUT2D eigenvalue weighted by molar-refractivity contribution is 5.93. The molecule has 5 heteroatoms. The number of hydrogen-bond acceptors (Lipinski definition) is 3. The third kappa shape index (κ3) is 2.53. The van der Waals surface area contributed by atoms with E-state index in [1.54, 1.807) is 0 Å². The molecule has 0 saturated carbocycles. The minimum absolute atomic E-state index is 0.125. The Labute approximate surface area is 148 Å². The highest BCUT2D eigenvalue weighted by Gasteiger charge is 2.34. The van der Waals surface area contributed by atoms with Crippen LogP contribution in [0, 0.1) is 0 Å². The van der Waals surface area contributed by atoms with Crippen molar-refractivity contribution in [2.75, 3.05) is 18.0 Å². The molecule has 5 nitrogen and oxygen atoms in total. The smallest absolute Gasteiger partial charge is 0.270 e. The van der Waals surface area contributed by atoms with Gasteiger partial charge in [-0.25, -0.2) is 0 Å². The summed E-state index contributed by atoms with van der Waals surface area (Å²) in [6.45, 7) is 2.47. The fourth-order valence-corrected chi connectivity index (χ4v) is 4.70. The monoisotopic (exact) mass is 336 g/mol. The Morgan fingerprint density at radius 1 is 1.24 bits per heavy atom. The molecule has 4 heterocycles. The van der Waals surface area contributed by atoms with Crippen molar-refractivity contribution in [3.8, 4) is 0 Å². The molecule has 2 aromatic heterocycles. The summed E-state index contributed by atoms with van der Waals surface area (Å²) in [6.07, 6.45) is 8.81. The van der Waals surface area contributed by atoms with Gasteiger partial charge in [0.15, 0.2) is 0 Å². The molecule has 1 N–H and O–H groups in total. The Balaban J connectivity index is 1.47. The van der Waals surface area contributed by atoms with Gasteiger partial charge in [0.2, 0.25) is 0 Å². The number of nitrogens with zero attached hydrogens (tertiary/aromatic N) is 3. The summed E-state index contributed by atoms with van der Waals surface area (Å²) >= 11 is 0. The van der Waals surface area contributed by atoms with Crippen LogP contribution in [0.25, 0.3) is 0 Å². The number of fused-ring (bicyclic) bond motifs is 4. The van der Waals surface area contributed by atoms with Gasteiger partial charge < -0.3 is 14.8 Å². The summed E-state index contributed by atoms with van der Waals surface area (Å²) in [4.78, 5) is 25.7. The van der Waals surface area contributed by atoms with Crippen LogP contribution in [0.3, 0.4) is 0 Å². The number of aryl methyl sites for hydroxylation is 2. The molecule has 130 valence electrons. The summed E-state index contributed by atoms with van der Waals surface area (Å²) in [7, 11) is 0. The molecule has 3 aliphatic rings. The second-order valence-corrected chi connectivity index (χ2v) is 7.54. The standard InChI is InChI=1S/C20H24N4O/c25-20(17-11-14-5-1-2-7-16(14)22-17)23-12-15-6-4-10-24(15)19-8-3-9-21-18(19)13-23/h3,8-9,11,15,22H,1-2,4-7,10,12-13H2/t15-/m0/s1. The molecular weight excluding hydrogens is 312 g/mol. The number of carbonyl (C=O) groups excluding carboxylic acids is 1. The van der Waals surface area contributed by atoms with E-state index in [-0.39, 0.29) is 5.91 Å². The summed E-state index contributed by atoms with van der Waals surface area (Å²) in [5.74, 6) is 0.125. The number of carbonyl (C=O) groups is 1. The second kappa shape index (κ2) is 5.90. The fraction of sp³-hybridized carbons (Fsp3) is 0.500. The molecule has 2 aromatic rings. The zero-order chi connectivity index (χ0) is 16.8. The molecule has 0 bridgehead atoms. The minimum atomic E-state index is 0.125. The molecule has 0 spiro atoms. The van der Waals surface area contributed by atoms with Gasteiger partial charge in [-0.05, 0) is 62.3 Å². The van der Waals surface area contributed by atoms with Gasteiger partial charge in [-0.15, -0.1) is 0 Å². The van der Waals surface area contributed by atoms with Crippen molar-refractivity contribution in [3.05, 3.63) is 47.0 Å². The molecule has 1 atom stereocenters. The van der Waals surface area contributed by atoms with Crippen molar-refractivity contribution in [1.82, 2.24) is 14.9 Å². The average molecular weight is 336 g/mol. The quantitative estimate of drug-likeness (QED) is 0.871. The van der Waals surface area contributed by atoms with Crippen LogP contribution in [-0.2, 0) is 19.4 Å². The third-order valence-electron chi connectivity index (χ3n) is 5.96. The lowest BCUT2D eigenvalue weighted by Gasteiger charge is -2.27. The number of anilines is 1. The van der Waals surface area contributed by atoms with Gasteiger partial charge in [0.1, 0.15) is 5.69 Å². The van der Waals surface area contributed by atoms with Gasteiger partial charge in [0.05, 0.1) is 17.9 Å². The van der Waals surface area contributed by atoms with Crippen molar-refractivity contribution in [2.24, 2.45) is 0 Å². The zero-order valence-electron chi connectivity index (χ0n) is 14.5. The Morgan fingerprint density at radius 2 is 2.16 bits per heavy atom. The Morgan fingerprint density at radius 3 is 3.08 bits per heavy atom. The van der Waals surface area contributed by atoms with Gasteiger partial charge in [-0.2, -0.15) is 0 Å². The number of H-pyrrole nitrogens is 1. The second-order valence-electron chi connectivity index (χ2n) is 7.54. The molecule has 0 unspecified atom stereocenters.